The van der Waals surface area contributed by atoms with Gasteiger partial charge in [-0.15, -0.1) is 16.4 Å². The number of benzene rings is 1. The van der Waals surface area contributed by atoms with Crippen LogP contribution in [0, 0.1) is 0 Å². The maximum atomic E-state index is 5.42. The van der Waals surface area contributed by atoms with Crippen LogP contribution in [0.15, 0.2) is 57.6 Å². The summed E-state index contributed by atoms with van der Waals surface area (Å²) in [6, 6.07) is 11.6. The quantitative estimate of drug-likeness (QED) is 0.448. The summed E-state index contributed by atoms with van der Waals surface area (Å²) in [5, 5.41) is 15.6. The lowest BCUT2D eigenvalue weighted by Gasteiger charge is -2.04. The lowest BCUT2D eigenvalue weighted by atomic mass is 10.2. The van der Waals surface area contributed by atoms with Crippen LogP contribution in [0.4, 0.5) is 0 Å². The molecule has 4 rings (SSSR count). The molecule has 3 aromatic heterocycles. The zero-order valence-electron chi connectivity index (χ0n) is 13.9. The van der Waals surface area contributed by atoms with Gasteiger partial charge in [-0.05, 0) is 34.7 Å². The normalized spacial score (nSPS) is 11.0. The van der Waals surface area contributed by atoms with Crippen LogP contribution in [-0.4, -0.2) is 32.3 Å². The monoisotopic (exact) mass is 385 g/mol. The van der Waals surface area contributed by atoms with E-state index in [0.717, 1.165) is 32.9 Å². The Hall–Kier alpha value is -2.65. The SMILES string of the molecule is COc1ccccc1-c1nc(CSc2nnnn2Cc2ccco2)cs1. The highest BCUT2D eigenvalue weighted by Gasteiger charge is 2.13. The van der Waals surface area contributed by atoms with Gasteiger partial charge in [-0.3, -0.25) is 0 Å². The number of nitrogens with zero attached hydrogens (tertiary/aromatic N) is 5. The van der Waals surface area contributed by atoms with Crippen molar-refractivity contribution in [3.63, 3.8) is 0 Å². The number of furan rings is 1. The molecule has 132 valence electrons. The van der Waals surface area contributed by atoms with Crippen molar-refractivity contribution in [2.24, 2.45) is 0 Å². The van der Waals surface area contributed by atoms with E-state index >= 15 is 0 Å². The molecule has 0 N–H and O–H groups in total. The molecule has 0 radical (unpaired) electrons. The van der Waals surface area contributed by atoms with Crippen LogP contribution in [0.1, 0.15) is 11.5 Å². The number of para-hydroxylation sites is 1. The zero-order chi connectivity index (χ0) is 17.8. The van der Waals surface area contributed by atoms with Crippen molar-refractivity contribution in [3.8, 4) is 16.3 Å². The highest BCUT2D eigenvalue weighted by molar-refractivity contribution is 7.98. The van der Waals surface area contributed by atoms with E-state index < -0.39 is 0 Å². The van der Waals surface area contributed by atoms with Gasteiger partial charge in [-0.25, -0.2) is 9.67 Å². The maximum Gasteiger partial charge on any atom is 0.210 e. The molecule has 26 heavy (non-hydrogen) atoms. The summed E-state index contributed by atoms with van der Waals surface area (Å²) in [6.07, 6.45) is 1.64. The molecule has 0 atom stereocenters. The lowest BCUT2D eigenvalue weighted by molar-refractivity contribution is 0.416. The van der Waals surface area contributed by atoms with Gasteiger partial charge < -0.3 is 9.15 Å². The average Bonchev–Trinajstić information content (AvgIpc) is 3.43. The topological polar surface area (TPSA) is 78.9 Å². The number of methoxy groups -OCH3 is 1. The van der Waals surface area contributed by atoms with Crippen LogP contribution in [0.5, 0.6) is 5.75 Å². The summed E-state index contributed by atoms with van der Waals surface area (Å²) >= 11 is 3.14. The minimum Gasteiger partial charge on any atom is -0.496 e. The Morgan fingerprint density at radius 3 is 3.00 bits per heavy atom. The first kappa shape index (κ1) is 16.8. The number of aromatic nitrogens is 5. The Labute approximate surface area is 158 Å². The van der Waals surface area contributed by atoms with Gasteiger partial charge in [0.1, 0.15) is 23.1 Å². The van der Waals surface area contributed by atoms with E-state index in [4.69, 9.17) is 14.1 Å². The Bertz CT molecular complexity index is 981. The molecular formula is C17H15N5O2S2. The molecule has 0 aliphatic carbocycles. The maximum absolute atomic E-state index is 5.42. The second-order valence-corrected chi connectivity index (χ2v) is 7.13. The summed E-state index contributed by atoms with van der Waals surface area (Å²) in [6.45, 7) is 0.506. The minimum atomic E-state index is 0.506. The molecular weight excluding hydrogens is 370 g/mol. The summed E-state index contributed by atoms with van der Waals surface area (Å²) in [4.78, 5) is 4.72. The van der Waals surface area contributed by atoms with Crippen molar-refractivity contribution in [1.29, 1.82) is 0 Å². The van der Waals surface area contributed by atoms with Crippen molar-refractivity contribution in [1.82, 2.24) is 25.2 Å². The first-order valence-electron chi connectivity index (χ1n) is 7.82. The van der Waals surface area contributed by atoms with Gasteiger partial charge >= 0.3 is 0 Å². The van der Waals surface area contributed by atoms with Gasteiger partial charge in [0.05, 0.1) is 24.6 Å². The van der Waals surface area contributed by atoms with E-state index in [0.29, 0.717) is 12.3 Å². The van der Waals surface area contributed by atoms with E-state index in [1.54, 1.807) is 41.2 Å². The van der Waals surface area contributed by atoms with E-state index in [9.17, 15) is 0 Å². The summed E-state index contributed by atoms with van der Waals surface area (Å²) < 4.78 is 12.5. The third kappa shape index (κ3) is 3.63. The minimum absolute atomic E-state index is 0.506. The van der Waals surface area contributed by atoms with Gasteiger partial charge in [0.15, 0.2) is 0 Å². The van der Waals surface area contributed by atoms with Gasteiger partial charge in [0.25, 0.3) is 0 Å². The second kappa shape index (κ2) is 7.71. The van der Waals surface area contributed by atoms with Gasteiger partial charge in [0.2, 0.25) is 5.16 Å². The van der Waals surface area contributed by atoms with E-state index in [1.165, 1.54) is 0 Å². The summed E-state index contributed by atoms with van der Waals surface area (Å²) in [5.41, 5.74) is 1.98. The van der Waals surface area contributed by atoms with Crippen LogP contribution in [0.25, 0.3) is 10.6 Å². The van der Waals surface area contributed by atoms with Gasteiger partial charge in [-0.1, -0.05) is 23.9 Å². The largest absolute Gasteiger partial charge is 0.496 e. The number of ether oxygens (including phenoxy) is 1. The van der Waals surface area contributed by atoms with Crippen LogP contribution in [-0.2, 0) is 12.3 Å². The van der Waals surface area contributed by atoms with Gasteiger partial charge in [0, 0.05) is 11.1 Å². The lowest BCUT2D eigenvalue weighted by Crippen LogP contribution is -2.03. The molecule has 0 saturated carbocycles. The van der Waals surface area contributed by atoms with Crippen molar-refractivity contribution in [2.75, 3.05) is 7.11 Å². The smallest absolute Gasteiger partial charge is 0.210 e. The molecule has 3 heterocycles. The van der Waals surface area contributed by atoms with Crippen LogP contribution < -0.4 is 4.74 Å². The molecule has 0 saturated heterocycles. The van der Waals surface area contributed by atoms with Crippen molar-refractivity contribution >= 4 is 23.1 Å². The number of hydrogen-bond acceptors (Lipinski definition) is 8. The molecule has 9 heteroatoms. The second-order valence-electron chi connectivity index (χ2n) is 5.33. The first-order valence-corrected chi connectivity index (χ1v) is 9.69. The molecule has 7 nitrogen and oxygen atoms in total. The predicted molar refractivity (Wildman–Crippen MR) is 99.3 cm³/mol. The Morgan fingerprint density at radius 2 is 2.15 bits per heavy atom. The fourth-order valence-corrected chi connectivity index (χ4v) is 4.13. The average molecular weight is 385 g/mol. The standard InChI is InChI=1S/C17H15N5O2S2/c1-23-15-7-3-2-6-14(15)16-18-12(10-25-16)11-26-17-19-20-21-22(17)9-13-5-4-8-24-13/h2-8,10H,9,11H2,1H3. The van der Waals surface area contributed by atoms with Crippen LogP contribution in [0.2, 0.25) is 0 Å². The molecule has 0 aliphatic rings. The third-order valence-corrected chi connectivity index (χ3v) is 5.54. The fourth-order valence-electron chi connectivity index (χ4n) is 2.41. The van der Waals surface area contributed by atoms with Crippen molar-refractivity contribution in [2.45, 2.75) is 17.5 Å². The number of tetrazole rings is 1. The van der Waals surface area contributed by atoms with Crippen molar-refractivity contribution < 1.29 is 9.15 Å². The molecule has 0 amide bonds. The first-order chi connectivity index (χ1) is 12.8. The Morgan fingerprint density at radius 1 is 1.23 bits per heavy atom. The number of thioether (sulfide) groups is 1. The Balaban J connectivity index is 1.45. The van der Waals surface area contributed by atoms with Gasteiger partial charge in [-0.2, -0.15) is 0 Å². The Kier molecular flexibility index (Phi) is 4.98. The highest BCUT2D eigenvalue weighted by Crippen LogP contribution is 2.33. The molecule has 4 aromatic rings. The van der Waals surface area contributed by atoms with E-state index in [2.05, 4.69) is 20.9 Å². The van der Waals surface area contributed by atoms with Crippen LogP contribution >= 0.6 is 23.1 Å². The number of thiazole rings is 1. The third-order valence-electron chi connectivity index (χ3n) is 3.62. The summed E-state index contributed by atoms with van der Waals surface area (Å²) in [7, 11) is 1.67. The molecule has 0 unspecified atom stereocenters. The van der Waals surface area contributed by atoms with Crippen molar-refractivity contribution in [3.05, 3.63) is 59.5 Å². The zero-order valence-corrected chi connectivity index (χ0v) is 15.5. The van der Waals surface area contributed by atoms with E-state index in [1.807, 2.05) is 36.4 Å². The molecule has 0 spiro atoms. The highest BCUT2D eigenvalue weighted by atomic mass is 32.2. The number of hydrogen-bond donors (Lipinski definition) is 0. The predicted octanol–water partition coefficient (Wildman–Crippen LogP) is 3.74. The molecule has 1 aromatic carbocycles. The molecule has 0 bridgehead atoms. The van der Waals surface area contributed by atoms with Crippen LogP contribution in [0.3, 0.4) is 0 Å². The summed E-state index contributed by atoms with van der Waals surface area (Å²) in [5.74, 6) is 2.32. The molecule has 0 fully saturated rings. The number of rotatable bonds is 7. The molecule has 0 aliphatic heterocycles. The van der Waals surface area contributed by atoms with E-state index in [-0.39, 0.29) is 0 Å². The fraction of sp³-hybridized carbons (Fsp3) is 0.176.